The molecule has 0 atom stereocenters. The molecule has 0 spiro atoms. The lowest BCUT2D eigenvalue weighted by Gasteiger charge is -2.32. The maximum atomic E-state index is 13.1. The highest BCUT2D eigenvalue weighted by atomic mass is 16.2. The van der Waals surface area contributed by atoms with Gasteiger partial charge in [0.25, 0.3) is 11.5 Å². The zero-order valence-electron chi connectivity index (χ0n) is 16.9. The molecule has 7 nitrogen and oxygen atoms in total. The van der Waals surface area contributed by atoms with E-state index < -0.39 is 0 Å². The van der Waals surface area contributed by atoms with Crippen molar-refractivity contribution in [2.75, 3.05) is 33.2 Å². The second kappa shape index (κ2) is 7.42. The van der Waals surface area contributed by atoms with E-state index in [2.05, 4.69) is 16.9 Å². The van der Waals surface area contributed by atoms with Crippen LogP contribution in [0.4, 0.5) is 0 Å². The van der Waals surface area contributed by atoms with Gasteiger partial charge in [-0.3, -0.25) is 14.2 Å². The number of fused-ring (bicyclic) bond motifs is 3. The number of pyridine rings is 1. The zero-order valence-corrected chi connectivity index (χ0v) is 16.9. The van der Waals surface area contributed by atoms with Crippen molar-refractivity contribution in [2.24, 2.45) is 0 Å². The minimum atomic E-state index is -0.0798. The van der Waals surface area contributed by atoms with E-state index in [-0.39, 0.29) is 11.5 Å². The molecule has 3 aromatic heterocycles. The summed E-state index contributed by atoms with van der Waals surface area (Å²) in [6, 6.07) is 15.1. The third kappa shape index (κ3) is 3.17. The van der Waals surface area contributed by atoms with E-state index in [1.807, 2.05) is 64.0 Å². The van der Waals surface area contributed by atoms with Crippen molar-refractivity contribution in [1.82, 2.24) is 23.8 Å². The van der Waals surface area contributed by atoms with Crippen LogP contribution in [0.3, 0.4) is 0 Å². The summed E-state index contributed by atoms with van der Waals surface area (Å²) in [5.74, 6) is 0.0635. The molecule has 1 aliphatic heterocycles. The van der Waals surface area contributed by atoms with E-state index in [1.165, 1.54) is 0 Å². The molecule has 152 valence electrons. The lowest BCUT2D eigenvalue weighted by atomic mass is 10.1. The number of amides is 1. The molecule has 1 fully saturated rings. The van der Waals surface area contributed by atoms with Gasteiger partial charge in [0.2, 0.25) is 0 Å². The van der Waals surface area contributed by atoms with Crippen LogP contribution in [0, 0.1) is 0 Å². The van der Waals surface area contributed by atoms with Crippen LogP contribution in [-0.2, 0) is 6.54 Å². The molecule has 0 bridgehead atoms. The highest BCUT2D eigenvalue weighted by Crippen LogP contribution is 2.15. The van der Waals surface area contributed by atoms with Crippen LogP contribution in [0.2, 0.25) is 0 Å². The van der Waals surface area contributed by atoms with Gasteiger partial charge in [-0.25, -0.2) is 4.98 Å². The second-order valence-corrected chi connectivity index (χ2v) is 7.79. The Labute approximate surface area is 173 Å². The zero-order chi connectivity index (χ0) is 20.7. The highest BCUT2D eigenvalue weighted by molar-refractivity contribution is 5.94. The minimum absolute atomic E-state index is 0.0635. The van der Waals surface area contributed by atoms with Crippen LogP contribution in [0.15, 0.2) is 65.7 Å². The molecule has 30 heavy (non-hydrogen) atoms. The van der Waals surface area contributed by atoms with Crippen LogP contribution in [0.5, 0.6) is 0 Å². The molecule has 1 aliphatic rings. The van der Waals surface area contributed by atoms with E-state index in [0.717, 1.165) is 37.3 Å². The van der Waals surface area contributed by atoms with Gasteiger partial charge in [0.15, 0.2) is 5.65 Å². The normalized spacial score (nSPS) is 15.2. The predicted molar refractivity (Wildman–Crippen MR) is 116 cm³/mol. The van der Waals surface area contributed by atoms with Gasteiger partial charge in [-0.2, -0.15) is 0 Å². The monoisotopic (exact) mass is 401 g/mol. The van der Waals surface area contributed by atoms with Crippen molar-refractivity contribution in [2.45, 2.75) is 6.54 Å². The molecule has 0 unspecified atom stereocenters. The Morgan fingerprint density at radius 1 is 0.967 bits per heavy atom. The Morgan fingerprint density at radius 2 is 1.70 bits per heavy atom. The minimum Gasteiger partial charge on any atom is -0.336 e. The van der Waals surface area contributed by atoms with Crippen molar-refractivity contribution in [3.8, 4) is 0 Å². The number of hydrogen-bond donors (Lipinski definition) is 0. The maximum Gasteiger partial charge on any atom is 0.276 e. The fraction of sp³-hybridized carbons (Fsp3) is 0.261. The van der Waals surface area contributed by atoms with Crippen molar-refractivity contribution in [3.63, 3.8) is 0 Å². The standard InChI is InChI=1S/C23H23N5O2/c1-25-12-14-26(15-13-25)22(29)18-8-6-17(7-9-18)16-28-21-19(4-2-10-24-21)27-11-3-5-20(27)23(28)30/h2-11H,12-16H2,1H3. The molecule has 0 radical (unpaired) electrons. The molecule has 7 heteroatoms. The van der Waals surface area contributed by atoms with E-state index in [0.29, 0.717) is 23.3 Å². The SMILES string of the molecule is CN1CCN(C(=O)c2ccc(Cn3c(=O)c4cccn4c4cccnc43)cc2)CC1. The molecule has 5 rings (SSSR count). The Bertz CT molecular complexity index is 1280. The maximum absolute atomic E-state index is 13.1. The molecule has 1 aromatic carbocycles. The average Bonchev–Trinajstić information content (AvgIpc) is 3.28. The number of carbonyl (C=O) groups is 1. The van der Waals surface area contributed by atoms with Gasteiger partial charge in [0.05, 0.1) is 12.1 Å². The summed E-state index contributed by atoms with van der Waals surface area (Å²) in [6.07, 6.45) is 3.58. The smallest absolute Gasteiger partial charge is 0.276 e. The first kappa shape index (κ1) is 18.6. The highest BCUT2D eigenvalue weighted by Gasteiger charge is 2.20. The third-order valence-corrected chi connectivity index (χ3v) is 5.83. The van der Waals surface area contributed by atoms with E-state index in [1.54, 1.807) is 10.8 Å². The van der Waals surface area contributed by atoms with Crippen LogP contribution in [-0.4, -0.2) is 62.9 Å². The molecule has 0 saturated carbocycles. The first-order valence-electron chi connectivity index (χ1n) is 10.1. The Hall–Kier alpha value is -3.45. The quantitative estimate of drug-likeness (QED) is 0.527. The summed E-state index contributed by atoms with van der Waals surface area (Å²) in [7, 11) is 2.07. The summed E-state index contributed by atoms with van der Waals surface area (Å²) in [4.78, 5) is 34.4. The lowest BCUT2D eigenvalue weighted by Crippen LogP contribution is -2.47. The number of benzene rings is 1. The predicted octanol–water partition coefficient (Wildman–Crippen LogP) is 2.09. The number of hydrogen-bond acceptors (Lipinski definition) is 4. The fourth-order valence-electron chi connectivity index (χ4n) is 4.06. The Morgan fingerprint density at radius 3 is 2.47 bits per heavy atom. The van der Waals surface area contributed by atoms with Gasteiger partial charge in [0, 0.05) is 44.1 Å². The second-order valence-electron chi connectivity index (χ2n) is 7.79. The molecular weight excluding hydrogens is 378 g/mol. The fourth-order valence-corrected chi connectivity index (χ4v) is 4.06. The summed E-state index contributed by atoms with van der Waals surface area (Å²) >= 11 is 0. The topological polar surface area (TPSA) is 62.8 Å². The van der Waals surface area contributed by atoms with Crippen molar-refractivity contribution in [3.05, 3.63) is 82.4 Å². The van der Waals surface area contributed by atoms with Gasteiger partial charge in [-0.1, -0.05) is 12.1 Å². The molecule has 4 aromatic rings. The van der Waals surface area contributed by atoms with Gasteiger partial charge >= 0.3 is 0 Å². The largest absolute Gasteiger partial charge is 0.336 e. The number of carbonyl (C=O) groups excluding carboxylic acids is 1. The average molecular weight is 401 g/mol. The van der Waals surface area contributed by atoms with Crippen LogP contribution >= 0.6 is 0 Å². The van der Waals surface area contributed by atoms with Gasteiger partial charge in [0.1, 0.15) is 5.52 Å². The molecule has 4 heterocycles. The van der Waals surface area contributed by atoms with Gasteiger partial charge in [-0.15, -0.1) is 0 Å². The first-order valence-corrected chi connectivity index (χ1v) is 10.1. The molecule has 0 N–H and O–H groups in total. The number of likely N-dealkylation sites (N-methyl/N-ethyl adjacent to an activating group) is 1. The van der Waals surface area contributed by atoms with Crippen molar-refractivity contribution < 1.29 is 4.79 Å². The Balaban J connectivity index is 1.45. The number of rotatable bonds is 3. The van der Waals surface area contributed by atoms with Gasteiger partial charge < -0.3 is 14.2 Å². The van der Waals surface area contributed by atoms with Crippen LogP contribution < -0.4 is 5.56 Å². The molecular formula is C23H23N5O2. The summed E-state index contributed by atoms with van der Waals surface area (Å²) in [5.41, 5.74) is 3.71. The van der Waals surface area contributed by atoms with Gasteiger partial charge in [-0.05, 0) is 49.0 Å². The van der Waals surface area contributed by atoms with E-state index in [9.17, 15) is 9.59 Å². The third-order valence-electron chi connectivity index (χ3n) is 5.83. The van der Waals surface area contributed by atoms with Crippen LogP contribution in [0.1, 0.15) is 15.9 Å². The first-order chi connectivity index (χ1) is 14.6. The lowest BCUT2D eigenvalue weighted by molar-refractivity contribution is 0.0664. The van der Waals surface area contributed by atoms with Crippen LogP contribution in [0.25, 0.3) is 16.7 Å². The van der Waals surface area contributed by atoms with Crippen molar-refractivity contribution >= 4 is 22.6 Å². The van der Waals surface area contributed by atoms with Crippen molar-refractivity contribution in [1.29, 1.82) is 0 Å². The van der Waals surface area contributed by atoms with E-state index in [4.69, 9.17) is 0 Å². The Kier molecular flexibility index (Phi) is 4.59. The molecule has 1 saturated heterocycles. The molecule has 0 aliphatic carbocycles. The number of piperazine rings is 1. The summed E-state index contributed by atoms with van der Waals surface area (Å²) in [6.45, 7) is 3.70. The number of aromatic nitrogens is 3. The number of nitrogens with zero attached hydrogens (tertiary/aromatic N) is 5. The summed E-state index contributed by atoms with van der Waals surface area (Å²) in [5, 5.41) is 0. The molecule has 1 amide bonds. The van der Waals surface area contributed by atoms with E-state index >= 15 is 0 Å². The summed E-state index contributed by atoms with van der Waals surface area (Å²) < 4.78 is 3.57.